The summed E-state index contributed by atoms with van der Waals surface area (Å²) in [6.45, 7) is 7.06. The Balaban J connectivity index is 0.000000370. The third-order valence-corrected chi connectivity index (χ3v) is 6.06. The molecule has 1 N–H and O–H groups in total. The predicted molar refractivity (Wildman–Crippen MR) is 101 cm³/mol. The van der Waals surface area contributed by atoms with Crippen molar-refractivity contribution in [1.82, 2.24) is 9.80 Å². The van der Waals surface area contributed by atoms with E-state index in [1.54, 1.807) is 0 Å². The van der Waals surface area contributed by atoms with Crippen LogP contribution >= 0.6 is 0 Å². The van der Waals surface area contributed by atoms with Crippen molar-refractivity contribution < 1.29 is 32.6 Å². The van der Waals surface area contributed by atoms with Crippen LogP contribution < -0.4 is 0 Å². The lowest BCUT2D eigenvalue weighted by Crippen LogP contribution is -2.72. The molecule has 9 heteroatoms. The monoisotopic (exact) mass is 422 g/mol. The normalized spacial score (nSPS) is 23.9. The predicted octanol–water partition coefficient (Wildman–Crippen LogP) is 3.16. The van der Waals surface area contributed by atoms with Gasteiger partial charge in [0.15, 0.2) is 0 Å². The van der Waals surface area contributed by atoms with Crippen LogP contribution in [0, 0.1) is 11.8 Å². The van der Waals surface area contributed by atoms with E-state index in [2.05, 4.69) is 23.8 Å². The minimum absolute atomic E-state index is 0.244. The molecular formula is C20H33F3N2O4. The standard InChI is InChI=1S/C18H32N2O2.C2HF3O2/c1-3-4-5-17(21)20-13-18(14-20)10-16(8-9-19(18)2)12-22-11-15-6-7-15;3-2(4,5)1(6)7/h15-16H,3-14H2,1-2H3;(H,6,7). The van der Waals surface area contributed by atoms with Crippen molar-refractivity contribution in [3.63, 3.8) is 0 Å². The van der Waals surface area contributed by atoms with Gasteiger partial charge in [-0.2, -0.15) is 13.2 Å². The summed E-state index contributed by atoms with van der Waals surface area (Å²) in [5, 5.41) is 7.12. The number of aliphatic carboxylic acids is 1. The molecule has 3 fully saturated rings. The fraction of sp³-hybridized carbons (Fsp3) is 0.900. The van der Waals surface area contributed by atoms with Crippen molar-refractivity contribution in [3.05, 3.63) is 0 Å². The van der Waals surface area contributed by atoms with Gasteiger partial charge in [0.25, 0.3) is 0 Å². The van der Waals surface area contributed by atoms with Crippen LogP contribution in [0.25, 0.3) is 0 Å². The van der Waals surface area contributed by atoms with Gasteiger partial charge in [0.2, 0.25) is 5.91 Å². The average Bonchev–Trinajstić information content (AvgIpc) is 3.43. The van der Waals surface area contributed by atoms with Gasteiger partial charge in [-0.1, -0.05) is 13.3 Å². The van der Waals surface area contributed by atoms with Crippen LogP contribution in [0.4, 0.5) is 13.2 Å². The number of hydrogen-bond donors (Lipinski definition) is 1. The molecule has 0 bridgehead atoms. The largest absolute Gasteiger partial charge is 0.490 e. The Morgan fingerprint density at radius 1 is 1.14 bits per heavy atom. The van der Waals surface area contributed by atoms with Crippen LogP contribution in [0.1, 0.15) is 51.9 Å². The van der Waals surface area contributed by atoms with Gasteiger partial charge in [-0.3, -0.25) is 9.69 Å². The minimum atomic E-state index is -5.08. The Kier molecular flexibility index (Phi) is 8.34. The van der Waals surface area contributed by atoms with E-state index >= 15 is 0 Å². The Morgan fingerprint density at radius 2 is 1.72 bits per heavy atom. The number of unbranched alkanes of at least 4 members (excludes halogenated alkanes) is 1. The molecule has 2 heterocycles. The molecule has 29 heavy (non-hydrogen) atoms. The number of carbonyl (C=O) groups excluding carboxylic acids is 1. The summed E-state index contributed by atoms with van der Waals surface area (Å²) >= 11 is 0. The summed E-state index contributed by atoms with van der Waals surface area (Å²) in [5.74, 6) is -0.862. The molecule has 2 aliphatic heterocycles. The molecule has 1 unspecified atom stereocenters. The van der Waals surface area contributed by atoms with E-state index < -0.39 is 12.1 Å². The first-order valence-electron chi connectivity index (χ1n) is 10.4. The van der Waals surface area contributed by atoms with Gasteiger partial charge in [-0.25, -0.2) is 4.79 Å². The summed E-state index contributed by atoms with van der Waals surface area (Å²) in [6, 6.07) is 0. The molecule has 168 valence electrons. The van der Waals surface area contributed by atoms with Crippen LogP contribution in [-0.2, 0) is 14.3 Å². The smallest absolute Gasteiger partial charge is 0.475 e. The van der Waals surface area contributed by atoms with Crippen molar-refractivity contribution >= 4 is 11.9 Å². The zero-order valence-corrected chi connectivity index (χ0v) is 17.3. The molecule has 1 aliphatic carbocycles. The number of alkyl halides is 3. The molecule has 6 nitrogen and oxygen atoms in total. The number of carboxylic acid groups (broad SMARTS) is 1. The van der Waals surface area contributed by atoms with E-state index in [1.807, 2.05) is 0 Å². The van der Waals surface area contributed by atoms with Crippen LogP contribution in [0.2, 0.25) is 0 Å². The molecule has 3 aliphatic rings. The van der Waals surface area contributed by atoms with Gasteiger partial charge in [0.1, 0.15) is 0 Å². The van der Waals surface area contributed by atoms with Gasteiger partial charge in [-0.05, 0) is 57.5 Å². The van der Waals surface area contributed by atoms with Crippen molar-refractivity contribution in [3.8, 4) is 0 Å². The second kappa shape index (κ2) is 10.1. The number of piperidine rings is 1. The molecule has 0 aromatic rings. The van der Waals surface area contributed by atoms with E-state index in [0.29, 0.717) is 11.8 Å². The van der Waals surface area contributed by atoms with Crippen molar-refractivity contribution in [1.29, 1.82) is 0 Å². The molecule has 1 amide bonds. The lowest BCUT2D eigenvalue weighted by Gasteiger charge is -2.58. The van der Waals surface area contributed by atoms with Gasteiger partial charge in [0, 0.05) is 32.7 Å². The first-order valence-corrected chi connectivity index (χ1v) is 10.4. The molecule has 3 rings (SSSR count). The topological polar surface area (TPSA) is 70.1 Å². The summed E-state index contributed by atoms with van der Waals surface area (Å²) in [7, 11) is 2.23. The number of amides is 1. The second-order valence-corrected chi connectivity index (χ2v) is 8.64. The number of rotatable bonds is 7. The molecule has 0 aromatic heterocycles. The van der Waals surface area contributed by atoms with Crippen molar-refractivity contribution in [2.24, 2.45) is 11.8 Å². The number of halogens is 3. The van der Waals surface area contributed by atoms with Gasteiger partial charge < -0.3 is 14.7 Å². The third kappa shape index (κ3) is 7.13. The lowest BCUT2D eigenvalue weighted by atomic mass is 9.75. The fourth-order valence-electron chi connectivity index (χ4n) is 3.93. The fourth-order valence-corrected chi connectivity index (χ4v) is 3.93. The average molecular weight is 422 g/mol. The van der Waals surface area contributed by atoms with E-state index in [0.717, 1.165) is 58.0 Å². The summed E-state index contributed by atoms with van der Waals surface area (Å²) in [5.41, 5.74) is 0.244. The first kappa shape index (κ1) is 23.9. The number of carbonyl (C=O) groups is 2. The molecule has 0 radical (unpaired) electrons. The Hall–Kier alpha value is -1.35. The van der Waals surface area contributed by atoms with Gasteiger partial charge in [-0.15, -0.1) is 0 Å². The van der Waals surface area contributed by atoms with E-state index in [9.17, 15) is 18.0 Å². The quantitative estimate of drug-likeness (QED) is 0.683. The number of likely N-dealkylation sites (N-methyl/N-ethyl adjacent to an activating group) is 1. The number of carboxylic acids is 1. The number of likely N-dealkylation sites (tertiary alicyclic amines) is 2. The zero-order valence-electron chi connectivity index (χ0n) is 17.3. The number of ether oxygens (including phenoxy) is 1. The number of nitrogens with zero attached hydrogens (tertiary/aromatic N) is 2. The lowest BCUT2D eigenvalue weighted by molar-refractivity contribution is -0.192. The highest BCUT2D eigenvalue weighted by Gasteiger charge is 2.50. The maximum absolute atomic E-state index is 12.1. The highest BCUT2D eigenvalue weighted by Crippen LogP contribution is 2.39. The van der Waals surface area contributed by atoms with E-state index in [1.165, 1.54) is 25.7 Å². The SMILES string of the molecule is CCCCC(=O)N1CC2(CC(COCC3CC3)CCN2C)C1.O=C(O)C(F)(F)F. The Bertz CT molecular complexity index is 560. The molecule has 1 spiro atoms. The van der Waals surface area contributed by atoms with Crippen molar-refractivity contribution in [2.45, 2.75) is 63.6 Å². The highest BCUT2D eigenvalue weighted by molar-refractivity contribution is 5.77. The van der Waals surface area contributed by atoms with Gasteiger partial charge in [0.05, 0.1) is 5.54 Å². The Labute approximate surface area is 170 Å². The van der Waals surface area contributed by atoms with Crippen LogP contribution in [0.15, 0.2) is 0 Å². The molecule has 1 saturated carbocycles. The second-order valence-electron chi connectivity index (χ2n) is 8.64. The van der Waals surface area contributed by atoms with E-state index in [4.69, 9.17) is 14.6 Å². The summed E-state index contributed by atoms with van der Waals surface area (Å²) in [4.78, 5) is 25.6. The maximum atomic E-state index is 12.1. The van der Waals surface area contributed by atoms with Crippen LogP contribution in [0.3, 0.4) is 0 Å². The molecule has 1 atom stereocenters. The van der Waals surface area contributed by atoms with E-state index in [-0.39, 0.29) is 5.54 Å². The first-order chi connectivity index (χ1) is 13.6. The highest BCUT2D eigenvalue weighted by atomic mass is 19.4. The van der Waals surface area contributed by atoms with Crippen LogP contribution in [0.5, 0.6) is 0 Å². The van der Waals surface area contributed by atoms with Crippen LogP contribution in [-0.4, -0.2) is 78.4 Å². The van der Waals surface area contributed by atoms with Gasteiger partial charge >= 0.3 is 12.1 Å². The number of hydrogen-bond acceptors (Lipinski definition) is 4. The maximum Gasteiger partial charge on any atom is 0.490 e. The Morgan fingerprint density at radius 3 is 2.24 bits per heavy atom. The molecule has 2 saturated heterocycles. The molecule has 0 aromatic carbocycles. The summed E-state index contributed by atoms with van der Waals surface area (Å²) in [6.07, 6.45) is 2.95. The molecular weight excluding hydrogens is 389 g/mol. The zero-order chi connectivity index (χ0) is 21.7. The third-order valence-electron chi connectivity index (χ3n) is 6.06. The minimum Gasteiger partial charge on any atom is -0.475 e. The van der Waals surface area contributed by atoms with Crippen molar-refractivity contribution in [2.75, 3.05) is 39.9 Å². The summed E-state index contributed by atoms with van der Waals surface area (Å²) < 4.78 is 37.7.